The van der Waals surface area contributed by atoms with Crippen LogP contribution < -0.4 is 0 Å². The molecular weight excluding hydrogens is 825 g/mol. The summed E-state index contributed by atoms with van der Waals surface area (Å²) in [7, 11) is -11.1. The van der Waals surface area contributed by atoms with Crippen molar-refractivity contribution in [2.75, 3.05) is 20.3 Å². The highest BCUT2D eigenvalue weighted by atomic mass is 28.5. The van der Waals surface area contributed by atoms with Crippen LogP contribution in [0.2, 0.25) is 76.6 Å². The summed E-state index contributed by atoms with van der Waals surface area (Å²) in [6.07, 6.45) is 20.0. The summed E-state index contributed by atoms with van der Waals surface area (Å²) in [5, 5.41) is 0. The Labute approximate surface area is 364 Å². The van der Waals surface area contributed by atoms with Gasteiger partial charge in [-0.25, -0.2) is 0 Å². The Morgan fingerprint density at radius 1 is 0.525 bits per heavy atom. The van der Waals surface area contributed by atoms with Crippen molar-refractivity contribution in [1.82, 2.24) is 0 Å². The van der Waals surface area contributed by atoms with E-state index in [-0.39, 0.29) is 0 Å². The van der Waals surface area contributed by atoms with Crippen molar-refractivity contribution >= 4 is 42.3 Å². The van der Waals surface area contributed by atoms with Crippen LogP contribution in [0.4, 0.5) is 0 Å². The molecule has 3 saturated heterocycles. The molecule has 0 bridgehead atoms. The molecule has 0 N–H and O–H groups in total. The molecular formula is C45H82O9Si5. The number of methoxy groups -OCH3 is 1. The zero-order valence-electron chi connectivity index (χ0n) is 38.5. The summed E-state index contributed by atoms with van der Waals surface area (Å²) in [6, 6.07) is 13.2. The summed E-state index contributed by atoms with van der Waals surface area (Å²) in [4.78, 5) is 0. The number of aryl methyl sites for hydroxylation is 1. The monoisotopic (exact) mass is 906 g/mol. The van der Waals surface area contributed by atoms with Gasteiger partial charge < -0.3 is 40.1 Å². The highest BCUT2D eigenvalue weighted by Crippen LogP contribution is 2.45. The third-order valence-electron chi connectivity index (χ3n) is 14.3. The van der Waals surface area contributed by atoms with Crippen molar-refractivity contribution in [1.29, 1.82) is 0 Å². The molecule has 1 aromatic rings. The molecule has 9 nitrogen and oxygen atoms in total. The van der Waals surface area contributed by atoms with Crippen molar-refractivity contribution in [2.45, 2.75) is 210 Å². The van der Waals surface area contributed by atoms with Crippen LogP contribution in [0.3, 0.4) is 0 Å². The van der Waals surface area contributed by atoms with Gasteiger partial charge in [-0.2, -0.15) is 0 Å². The third kappa shape index (κ3) is 15.0. The first-order valence-electron chi connectivity index (χ1n) is 23.9. The Kier molecular flexibility index (Phi) is 15.9. The van der Waals surface area contributed by atoms with E-state index in [0.29, 0.717) is 56.4 Å². The molecule has 9 unspecified atom stereocenters. The second-order valence-electron chi connectivity index (χ2n) is 22.0. The van der Waals surface area contributed by atoms with Crippen molar-refractivity contribution in [3.8, 4) is 0 Å². The lowest BCUT2D eigenvalue weighted by atomic mass is 9.88. The molecule has 1 aromatic carbocycles. The zero-order valence-corrected chi connectivity index (χ0v) is 43.5. The second kappa shape index (κ2) is 20.0. The molecule has 6 aliphatic rings. The molecule has 336 valence electrons. The lowest BCUT2D eigenvalue weighted by Crippen LogP contribution is -2.66. The molecule has 3 aliphatic heterocycles. The van der Waals surface area contributed by atoms with Gasteiger partial charge >= 0.3 is 9.05 Å². The van der Waals surface area contributed by atoms with Crippen LogP contribution in [0.5, 0.6) is 0 Å². The van der Waals surface area contributed by atoms with Crippen LogP contribution in [-0.2, 0) is 53.2 Å². The molecule has 59 heavy (non-hydrogen) atoms. The molecule has 7 rings (SSSR count). The number of benzene rings is 1. The normalized spacial score (nSPS) is 31.5. The van der Waals surface area contributed by atoms with Crippen LogP contribution in [0.1, 0.15) is 94.6 Å². The summed E-state index contributed by atoms with van der Waals surface area (Å²) >= 11 is 0. The van der Waals surface area contributed by atoms with Gasteiger partial charge in [-0.3, -0.25) is 0 Å². The quantitative estimate of drug-likeness (QED) is 0.0512. The standard InChI is InChI=1S/C45H82O9Si5/c1-46-24-25-47-34-39-13-10-12-35(30-39)14-11-26-55(2,3)51-59(52-56(4,5)27-21-36-15-18-40-43(31-36)48-40,53-57(6,7)28-22-37-16-19-41-44(32-37)49-41)54-58(8,9)29-23-38-17-20-42-45(33-38)50-42/h10,12-13,30,36-38,40-45H,11,14-29,31-34H2,1-9H3. The van der Waals surface area contributed by atoms with Crippen LogP contribution in [0.15, 0.2) is 24.3 Å². The number of ether oxygens (including phenoxy) is 5. The lowest BCUT2D eigenvalue weighted by molar-refractivity contribution is 0.0616. The summed E-state index contributed by atoms with van der Waals surface area (Å²) in [5.41, 5.74) is 2.57. The highest BCUT2D eigenvalue weighted by Gasteiger charge is 2.59. The van der Waals surface area contributed by atoms with E-state index in [9.17, 15) is 0 Å². The Hall–Kier alpha value is -0.0556. The zero-order chi connectivity index (χ0) is 41.9. The highest BCUT2D eigenvalue weighted by molar-refractivity contribution is 6.92. The van der Waals surface area contributed by atoms with E-state index >= 15 is 0 Å². The van der Waals surface area contributed by atoms with E-state index in [1.54, 1.807) is 7.11 Å². The second-order valence-corrected chi connectivity index (χ2v) is 42.3. The van der Waals surface area contributed by atoms with Crippen LogP contribution in [0.25, 0.3) is 0 Å². The number of epoxide rings is 3. The predicted molar refractivity (Wildman–Crippen MR) is 247 cm³/mol. The Morgan fingerprint density at radius 2 is 0.949 bits per heavy atom. The first kappa shape index (κ1) is 46.9. The molecule has 3 heterocycles. The Morgan fingerprint density at radius 3 is 1.37 bits per heavy atom. The van der Waals surface area contributed by atoms with E-state index < -0.39 is 42.3 Å². The van der Waals surface area contributed by atoms with E-state index in [1.807, 2.05) is 0 Å². The maximum Gasteiger partial charge on any atom is 0.636 e. The van der Waals surface area contributed by atoms with Crippen molar-refractivity contribution in [2.24, 2.45) is 17.8 Å². The van der Waals surface area contributed by atoms with Gasteiger partial charge in [-0.15, -0.1) is 0 Å². The van der Waals surface area contributed by atoms with Crippen LogP contribution >= 0.6 is 0 Å². The fourth-order valence-corrected chi connectivity index (χ4v) is 30.6. The molecule has 0 aromatic heterocycles. The Bertz CT molecular complexity index is 1380. The molecule has 3 aliphatic carbocycles. The SMILES string of the molecule is COCCOCc1cccc(CCC[Si](C)(C)O[Si](O[Si](C)(C)CCC2CCC3OC3C2)(O[Si](C)(C)CCC2CCC3OC3C2)O[Si](C)(C)CCC2CCC3OC3C2)c1. The maximum absolute atomic E-state index is 7.75. The number of hydrogen-bond acceptors (Lipinski definition) is 9. The maximum atomic E-state index is 7.75. The van der Waals surface area contributed by atoms with E-state index in [0.717, 1.165) is 54.8 Å². The minimum absolute atomic E-state index is 0.507. The third-order valence-corrected chi connectivity index (χ3v) is 33.2. The van der Waals surface area contributed by atoms with Gasteiger partial charge in [-0.1, -0.05) is 43.5 Å². The molecule has 0 radical (unpaired) electrons. The lowest BCUT2D eigenvalue weighted by Gasteiger charge is -2.46. The molecule has 6 fully saturated rings. The van der Waals surface area contributed by atoms with Gasteiger partial charge in [0.2, 0.25) is 0 Å². The minimum atomic E-state index is -3.63. The Balaban J connectivity index is 1.08. The van der Waals surface area contributed by atoms with Gasteiger partial charge in [0.05, 0.1) is 56.4 Å². The predicted octanol–water partition coefficient (Wildman–Crippen LogP) is 11.0. The number of fused-ring (bicyclic) bond motifs is 3. The fourth-order valence-electron chi connectivity index (χ4n) is 10.5. The molecule has 0 spiro atoms. The van der Waals surface area contributed by atoms with Gasteiger partial charge in [0.15, 0.2) is 33.3 Å². The average molecular weight is 908 g/mol. The van der Waals surface area contributed by atoms with Gasteiger partial charge in [0, 0.05) is 7.11 Å². The minimum Gasteiger partial charge on any atom is -0.396 e. The number of rotatable bonds is 26. The molecule has 3 saturated carbocycles. The average Bonchev–Trinajstić information content (AvgIpc) is 4.05. The van der Waals surface area contributed by atoms with E-state index in [2.05, 4.69) is 76.6 Å². The van der Waals surface area contributed by atoms with E-state index in [1.165, 1.54) is 88.2 Å². The number of hydrogen-bond donors (Lipinski definition) is 0. The molecule has 0 amide bonds. The van der Waals surface area contributed by atoms with Crippen LogP contribution in [-0.4, -0.2) is 99.3 Å². The van der Waals surface area contributed by atoms with Crippen LogP contribution in [0, 0.1) is 17.8 Å². The summed E-state index contributed by atoms with van der Waals surface area (Å²) in [5.74, 6) is 2.17. The van der Waals surface area contributed by atoms with E-state index in [4.69, 9.17) is 40.1 Å². The van der Waals surface area contributed by atoms with Crippen molar-refractivity contribution in [3.05, 3.63) is 35.4 Å². The smallest absolute Gasteiger partial charge is 0.396 e. The van der Waals surface area contributed by atoms with Gasteiger partial charge in [-0.05, 0) is 176 Å². The summed E-state index contributed by atoms with van der Waals surface area (Å²) < 4.78 is 59.8. The summed E-state index contributed by atoms with van der Waals surface area (Å²) in [6.45, 7) is 21.2. The first-order chi connectivity index (χ1) is 28.0. The fraction of sp³-hybridized carbons (Fsp3) is 0.867. The van der Waals surface area contributed by atoms with Gasteiger partial charge in [0.25, 0.3) is 0 Å². The largest absolute Gasteiger partial charge is 0.636 e. The molecule has 9 atom stereocenters. The molecule has 14 heteroatoms. The van der Waals surface area contributed by atoms with Gasteiger partial charge in [0.1, 0.15) is 0 Å². The van der Waals surface area contributed by atoms with Crippen molar-refractivity contribution < 1.29 is 40.1 Å². The van der Waals surface area contributed by atoms with Crippen molar-refractivity contribution in [3.63, 3.8) is 0 Å². The topological polar surface area (TPSA) is 93.0 Å². The first-order valence-corrected chi connectivity index (χ1v) is 38.0.